The van der Waals surface area contributed by atoms with Crippen LogP contribution in [0.15, 0.2) is 28.1 Å². The largest absolute Gasteiger partial charge is 0.493 e. The molecule has 2 fully saturated rings. The highest BCUT2D eigenvalue weighted by Crippen LogP contribution is 2.32. The maximum absolute atomic E-state index is 12.3. The van der Waals surface area contributed by atoms with E-state index in [2.05, 4.69) is 10.6 Å². The molecule has 0 bridgehead atoms. The molecule has 2 N–H and O–H groups in total. The summed E-state index contributed by atoms with van der Waals surface area (Å²) in [6, 6.07) is 5.63. The third kappa shape index (κ3) is 5.28. The Bertz CT molecular complexity index is 801. The molecule has 0 aromatic heterocycles. The Morgan fingerprint density at radius 3 is 2.82 bits per heavy atom. The van der Waals surface area contributed by atoms with Crippen molar-refractivity contribution in [3.63, 3.8) is 0 Å². The van der Waals surface area contributed by atoms with Crippen LogP contribution in [-0.2, 0) is 9.59 Å². The van der Waals surface area contributed by atoms with E-state index in [1.54, 1.807) is 25.3 Å². The summed E-state index contributed by atoms with van der Waals surface area (Å²) in [7, 11) is 3.08. The number of nitrogens with one attached hydrogen (secondary N) is 2. The molecule has 150 valence electrons. The number of rotatable bonds is 6. The average molecular weight is 404 g/mol. The molecule has 1 saturated carbocycles. The van der Waals surface area contributed by atoms with Gasteiger partial charge in [0.05, 0.1) is 18.1 Å². The fourth-order valence-electron chi connectivity index (χ4n) is 3.12. The van der Waals surface area contributed by atoms with Crippen LogP contribution in [0.4, 0.5) is 0 Å². The molecule has 1 aliphatic heterocycles. The second kappa shape index (κ2) is 9.64. The van der Waals surface area contributed by atoms with E-state index in [0.29, 0.717) is 27.6 Å². The van der Waals surface area contributed by atoms with E-state index in [1.165, 1.54) is 38.1 Å². The molecule has 2 aliphatic rings. The number of carbonyl (C=O) groups is 2. The zero-order valence-electron chi connectivity index (χ0n) is 16.1. The van der Waals surface area contributed by atoms with Crippen LogP contribution in [0.2, 0.25) is 0 Å². The van der Waals surface area contributed by atoms with E-state index in [0.717, 1.165) is 18.4 Å². The number of ether oxygens (including phenoxy) is 2. The van der Waals surface area contributed by atoms with Crippen molar-refractivity contribution in [1.82, 2.24) is 10.6 Å². The Kier molecular flexibility index (Phi) is 6.97. The number of methoxy groups -OCH3 is 1. The molecule has 1 saturated heterocycles. The number of hydrogen-bond donors (Lipinski definition) is 2. The van der Waals surface area contributed by atoms with Crippen LogP contribution in [0, 0.1) is 0 Å². The number of likely N-dealkylation sites (N-methyl/N-ethyl adjacent to an activating group) is 1. The second-order valence-corrected chi connectivity index (χ2v) is 7.69. The molecule has 7 nitrogen and oxygen atoms in total. The van der Waals surface area contributed by atoms with Crippen molar-refractivity contribution >= 4 is 34.8 Å². The van der Waals surface area contributed by atoms with Gasteiger partial charge >= 0.3 is 0 Å². The van der Waals surface area contributed by atoms with Crippen molar-refractivity contribution in [3.8, 4) is 11.5 Å². The Morgan fingerprint density at radius 2 is 2.11 bits per heavy atom. The molecule has 0 spiro atoms. The average Bonchev–Trinajstić information content (AvgIpc) is 3.05. The number of thioether (sulfide) groups is 1. The van der Waals surface area contributed by atoms with Gasteiger partial charge in [0.2, 0.25) is 0 Å². The minimum absolute atomic E-state index is 0.0907. The van der Waals surface area contributed by atoms with Gasteiger partial charge in [0.25, 0.3) is 11.8 Å². The van der Waals surface area contributed by atoms with Crippen LogP contribution in [0.5, 0.6) is 11.5 Å². The minimum Gasteiger partial charge on any atom is -0.493 e. The first kappa shape index (κ1) is 20.3. The first-order chi connectivity index (χ1) is 13.6. The zero-order valence-corrected chi connectivity index (χ0v) is 16.9. The first-order valence-corrected chi connectivity index (χ1v) is 10.2. The topological polar surface area (TPSA) is 89.0 Å². The normalized spacial score (nSPS) is 20.3. The molecule has 1 aliphatic carbocycles. The Hall–Kier alpha value is -2.48. The molecule has 28 heavy (non-hydrogen) atoms. The van der Waals surface area contributed by atoms with Crippen molar-refractivity contribution in [2.45, 2.75) is 38.1 Å². The van der Waals surface area contributed by atoms with Crippen molar-refractivity contribution in [2.24, 2.45) is 4.99 Å². The molecule has 1 aromatic rings. The predicted molar refractivity (Wildman–Crippen MR) is 111 cm³/mol. The number of hydrogen-bond acceptors (Lipinski definition) is 6. The SMILES string of the molecule is CNC(=O)COc1ccc(/C=C2/SC(=NC3CCCCC3)NC2=O)cc1OC. The van der Waals surface area contributed by atoms with Crippen molar-refractivity contribution < 1.29 is 19.1 Å². The van der Waals surface area contributed by atoms with E-state index in [9.17, 15) is 9.59 Å². The van der Waals surface area contributed by atoms with Crippen LogP contribution in [-0.4, -0.2) is 43.8 Å². The lowest BCUT2D eigenvalue weighted by Crippen LogP contribution is -2.24. The maximum atomic E-state index is 12.3. The van der Waals surface area contributed by atoms with Crippen LogP contribution >= 0.6 is 11.8 Å². The molecule has 0 atom stereocenters. The van der Waals surface area contributed by atoms with Crippen LogP contribution < -0.4 is 20.1 Å². The second-order valence-electron chi connectivity index (χ2n) is 6.66. The summed E-state index contributed by atoms with van der Waals surface area (Å²) in [4.78, 5) is 28.9. The van der Waals surface area contributed by atoms with Crippen LogP contribution in [0.3, 0.4) is 0 Å². The van der Waals surface area contributed by atoms with Crippen molar-refractivity contribution in [1.29, 1.82) is 0 Å². The van der Waals surface area contributed by atoms with E-state index >= 15 is 0 Å². The number of amidine groups is 1. The smallest absolute Gasteiger partial charge is 0.264 e. The number of aliphatic imine (C=N–C) groups is 1. The molecule has 3 rings (SSSR count). The summed E-state index contributed by atoms with van der Waals surface area (Å²) < 4.78 is 10.8. The molecule has 8 heteroatoms. The van der Waals surface area contributed by atoms with Crippen LogP contribution in [0.25, 0.3) is 6.08 Å². The predicted octanol–water partition coefficient (Wildman–Crippen LogP) is 2.71. The van der Waals surface area contributed by atoms with Gasteiger partial charge in [0.15, 0.2) is 23.3 Å². The first-order valence-electron chi connectivity index (χ1n) is 9.39. The lowest BCUT2D eigenvalue weighted by molar-refractivity contribution is -0.122. The summed E-state index contributed by atoms with van der Waals surface area (Å²) in [5, 5.41) is 6.03. The molecule has 1 heterocycles. The number of amides is 2. The molecule has 2 amide bonds. The number of carbonyl (C=O) groups excluding carboxylic acids is 2. The monoisotopic (exact) mass is 403 g/mol. The van der Waals surface area contributed by atoms with Gasteiger partial charge in [-0.05, 0) is 48.4 Å². The van der Waals surface area contributed by atoms with Crippen molar-refractivity contribution in [2.75, 3.05) is 20.8 Å². The van der Waals surface area contributed by atoms with E-state index < -0.39 is 0 Å². The maximum Gasteiger partial charge on any atom is 0.264 e. The van der Waals surface area contributed by atoms with Gasteiger partial charge < -0.3 is 20.1 Å². The standard InChI is InChI=1S/C20H25N3O4S/c1-21-18(24)12-27-15-9-8-13(10-16(15)26-2)11-17-19(25)23-20(28-17)22-14-6-4-3-5-7-14/h8-11,14H,3-7,12H2,1-2H3,(H,21,24)(H,22,23,25)/b17-11+. The van der Waals surface area contributed by atoms with Gasteiger partial charge in [-0.25, -0.2) is 0 Å². The fraction of sp³-hybridized carbons (Fsp3) is 0.450. The van der Waals surface area contributed by atoms with E-state index in [4.69, 9.17) is 14.5 Å². The Labute approximate surface area is 169 Å². The van der Waals surface area contributed by atoms with Crippen LogP contribution in [0.1, 0.15) is 37.7 Å². The highest BCUT2D eigenvalue weighted by Gasteiger charge is 2.25. The van der Waals surface area contributed by atoms with E-state index in [1.807, 2.05) is 6.07 Å². The highest BCUT2D eigenvalue weighted by molar-refractivity contribution is 8.18. The van der Waals surface area contributed by atoms with Crippen molar-refractivity contribution in [3.05, 3.63) is 28.7 Å². The summed E-state index contributed by atoms with van der Waals surface area (Å²) in [6.07, 6.45) is 7.67. The van der Waals surface area contributed by atoms with Gasteiger partial charge in [-0.15, -0.1) is 0 Å². The Morgan fingerprint density at radius 1 is 1.32 bits per heavy atom. The van der Waals surface area contributed by atoms with Gasteiger partial charge in [-0.2, -0.15) is 0 Å². The Balaban J connectivity index is 1.70. The summed E-state index contributed by atoms with van der Waals surface area (Å²) in [5.41, 5.74) is 0.806. The minimum atomic E-state index is -0.225. The molecule has 1 aromatic carbocycles. The lowest BCUT2D eigenvalue weighted by Gasteiger charge is -2.17. The van der Waals surface area contributed by atoms with Gasteiger partial charge in [-0.1, -0.05) is 25.3 Å². The molecule has 0 unspecified atom stereocenters. The number of nitrogens with zero attached hydrogens (tertiary/aromatic N) is 1. The summed E-state index contributed by atoms with van der Waals surface area (Å²) in [5.74, 6) is 0.601. The third-order valence-electron chi connectivity index (χ3n) is 4.65. The lowest BCUT2D eigenvalue weighted by atomic mass is 9.96. The van der Waals surface area contributed by atoms with Gasteiger partial charge in [0.1, 0.15) is 0 Å². The molecule has 0 radical (unpaired) electrons. The molecular weight excluding hydrogens is 378 g/mol. The summed E-state index contributed by atoms with van der Waals surface area (Å²) >= 11 is 1.37. The number of benzene rings is 1. The quantitative estimate of drug-likeness (QED) is 0.713. The zero-order chi connectivity index (χ0) is 19.9. The summed E-state index contributed by atoms with van der Waals surface area (Å²) in [6.45, 7) is -0.0907. The van der Waals surface area contributed by atoms with E-state index in [-0.39, 0.29) is 18.4 Å². The van der Waals surface area contributed by atoms with Gasteiger partial charge in [-0.3, -0.25) is 14.6 Å². The molecular formula is C20H25N3O4S. The fourth-order valence-corrected chi connectivity index (χ4v) is 4.02. The van der Waals surface area contributed by atoms with Gasteiger partial charge in [0, 0.05) is 7.05 Å². The third-order valence-corrected chi connectivity index (χ3v) is 5.57. The highest BCUT2D eigenvalue weighted by atomic mass is 32.2.